The lowest BCUT2D eigenvalue weighted by Crippen LogP contribution is -1.78. The Hall–Kier alpha value is -1.32. The zero-order valence-electron chi connectivity index (χ0n) is 8.64. The van der Waals surface area contributed by atoms with E-state index in [0.717, 1.165) is 21.2 Å². The van der Waals surface area contributed by atoms with Crippen molar-refractivity contribution in [2.45, 2.75) is 6.92 Å². The van der Waals surface area contributed by atoms with Gasteiger partial charge in [-0.15, -0.1) is 11.3 Å². The number of fused-ring (bicyclic) bond motifs is 1. The molecular formula is C12H9ClN2S. The number of halogens is 1. The molecule has 80 valence electrons. The highest BCUT2D eigenvalue weighted by Crippen LogP contribution is 2.24. The number of aromatic nitrogens is 2. The van der Waals surface area contributed by atoms with Gasteiger partial charge in [0.1, 0.15) is 0 Å². The highest BCUT2D eigenvalue weighted by molar-refractivity contribution is 7.15. The summed E-state index contributed by atoms with van der Waals surface area (Å²) in [4.78, 5) is 5.60. The minimum atomic E-state index is 0.751. The zero-order chi connectivity index (χ0) is 11.1. The molecule has 3 rings (SSSR count). The molecule has 0 amide bonds. The molecule has 0 aliphatic carbocycles. The third kappa shape index (κ3) is 1.52. The van der Waals surface area contributed by atoms with Crippen LogP contribution in [-0.4, -0.2) is 9.38 Å². The maximum Gasteiger partial charge on any atom is 0.194 e. The molecular weight excluding hydrogens is 240 g/mol. The molecule has 4 heteroatoms. The van der Waals surface area contributed by atoms with Gasteiger partial charge < -0.3 is 0 Å². The van der Waals surface area contributed by atoms with E-state index in [9.17, 15) is 0 Å². The fraction of sp³-hybridized carbons (Fsp3) is 0.0833. The van der Waals surface area contributed by atoms with E-state index < -0.39 is 0 Å². The fourth-order valence-electron chi connectivity index (χ4n) is 1.65. The number of hydrogen-bond acceptors (Lipinski definition) is 2. The quantitative estimate of drug-likeness (QED) is 0.636. The smallest absolute Gasteiger partial charge is 0.194 e. The summed E-state index contributed by atoms with van der Waals surface area (Å²) in [7, 11) is 0. The summed E-state index contributed by atoms with van der Waals surface area (Å²) in [5.74, 6) is 0. The van der Waals surface area contributed by atoms with Gasteiger partial charge in [-0.3, -0.25) is 4.40 Å². The van der Waals surface area contributed by atoms with E-state index in [-0.39, 0.29) is 0 Å². The summed E-state index contributed by atoms with van der Waals surface area (Å²) in [5.41, 5.74) is 3.30. The average molecular weight is 249 g/mol. The summed E-state index contributed by atoms with van der Waals surface area (Å²) >= 11 is 7.52. The lowest BCUT2D eigenvalue weighted by atomic mass is 10.2. The molecule has 0 N–H and O–H groups in total. The van der Waals surface area contributed by atoms with Gasteiger partial charge in [0.05, 0.1) is 5.69 Å². The Morgan fingerprint density at radius 2 is 2.00 bits per heavy atom. The van der Waals surface area contributed by atoms with Crippen LogP contribution in [-0.2, 0) is 0 Å². The van der Waals surface area contributed by atoms with Gasteiger partial charge in [0.2, 0.25) is 0 Å². The minimum absolute atomic E-state index is 0.751. The van der Waals surface area contributed by atoms with Crippen molar-refractivity contribution in [2.75, 3.05) is 0 Å². The van der Waals surface area contributed by atoms with Crippen molar-refractivity contribution in [1.29, 1.82) is 0 Å². The second-order valence-electron chi connectivity index (χ2n) is 3.66. The molecule has 0 unspecified atom stereocenters. The predicted molar refractivity (Wildman–Crippen MR) is 68.3 cm³/mol. The van der Waals surface area contributed by atoms with Crippen LogP contribution in [0.25, 0.3) is 16.2 Å². The third-order valence-corrected chi connectivity index (χ3v) is 3.74. The number of imidazole rings is 1. The van der Waals surface area contributed by atoms with E-state index in [1.165, 1.54) is 5.69 Å². The van der Waals surface area contributed by atoms with Gasteiger partial charge in [0, 0.05) is 27.9 Å². The van der Waals surface area contributed by atoms with Crippen molar-refractivity contribution in [2.24, 2.45) is 0 Å². The van der Waals surface area contributed by atoms with Gasteiger partial charge in [-0.25, -0.2) is 4.98 Å². The van der Waals surface area contributed by atoms with E-state index in [4.69, 9.17) is 11.6 Å². The van der Waals surface area contributed by atoms with E-state index in [0.29, 0.717) is 0 Å². The molecule has 0 aliphatic heterocycles. The maximum absolute atomic E-state index is 5.86. The first-order valence-electron chi connectivity index (χ1n) is 4.93. The first kappa shape index (κ1) is 9.87. The van der Waals surface area contributed by atoms with Crippen LogP contribution in [0.1, 0.15) is 5.69 Å². The minimum Gasteiger partial charge on any atom is -0.294 e. The Balaban J connectivity index is 2.15. The first-order valence-corrected chi connectivity index (χ1v) is 6.19. The summed E-state index contributed by atoms with van der Waals surface area (Å²) in [5, 5.41) is 2.86. The van der Waals surface area contributed by atoms with E-state index >= 15 is 0 Å². The molecule has 0 aliphatic rings. The number of nitrogens with zero attached hydrogens (tertiary/aromatic N) is 2. The second kappa shape index (κ2) is 3.61. The van der Waals surface area contributed by atoms with Crippen molar-refractivity contribution in [3.05, 3.63) is 46.6 Å². The normalized spacial score (nSPS) is 11.1. The van der Waals surface area contributed by atoms with Crippen molar-refractivity contribution in [1.82, 2.24) is 9.38 Å². The number of hydrogen-bond donors (Lipinski definition) is 0. The Bertz CT molecular complexity index is 637. The molecule has 3 aromatic rings. The van der Waals surface area contributed by atoms with Crippen LogP contribution in [0.4, 0.5) is 0 Å². The Labute approximate surface area is 102 Å². The highest BCUT2D eigenvalue weighted by Gasteiger charge is 2.06. The van der Waals surface area contributed by atoms with Gasteiger partial charge in [0.15, 0.2) is 4.96 Å². The van der Waals surface area contributed by atoms with Crippen molar-refractivity contribution < 1.29 is 0 Å². The zero-order valence-corrected chi connectivity index (χ0v) is 10.2. The third-order valence-electron chi connectivity index (χ3n) is 2.53. The molecule has 0 bridgehead atoms. The molecule has 2 nitrogen and oxygen atoms in total. The Kier molecular flexibility index (Phi) is 2.23. The number of aryl methyl sites for hydroxylation is 1. The van der Waals surface area contributed by atoms with Crippen LogP contribution in [0.5, 0.6) is 0 Å². The number of benzene rings is 1. The van der Waals surface area contributed by atoms with Crippen LogP contribution in [0.2, 0.25) is 5.02 Å². The Morgan fingerprint density at radius 1 is 1.25 bits per heavy atom. The van der Waals surface area contributed by atoms with Crippen LogP contribution in [0.3, 0.4) is 0 Å². The SMILES string of the molecule is Cc1csc2nc(-c3ccc(Cl)cc3)cn12. The number of thiazole rings is 1. The van der Waals surface area contributed by atoms with Gasteiger partial charge in [0.25, 0.3) is 0 Å². The van der Waals surface area contributed by atoms with E-state index in [1.807, 2.05) is 24.3 Å². The average Bonchev–Trinajstić information content (AvgIpc) is 2.83. The summed E-state index contributed by atoms with van der Waals surface area (Å²) in [6, 6.07) is 7.75. The lowest BCUT2D eigenvalue weighted by molar-refractivity contribution is 1.13. The largest absolute Gasteiger partial charge is 0.294 e. The van der Waals surface area contributed by atoms with Crippen LogP contribution >= 0.6 is 22.9 Å². The van der Waals surface area contributed by atoms with Crippen LogP contribution < -0.4 is 0 Å². The predicted octanol–water partition coefficient (Wildman–Crippen LogP) is 4.02. The van der Waals surface area contributed by atoms with Crippen LogP contribution in [0.15, 0.2) is 35.8 Å². The molecule has 0 spiro atoms. The Morgan fingerprint density at radius 3 is 2.69 bits per heavy atom. The maximum atomic E-state index is 5.86. The topological polar surface area (TPSA) is 17.3 Å². The molecule has 0 saturated heterocycles. The van der Waals surface area contributed by atoms with Gasteiger partial charge in [-0.05, 0) is 19.1 Å². The lowest BCUT2D eigenvalue weighted by Gasteiger charge is -1.95. The van der Waals surface area contributed by atoms with Crippen molar-refractivity contribution in [3.63, 3.8) is 0 Å². The molecule has 0 fully saturated rings. The molecule has 0 saturated carbocycles. The van der Waals surface area contributed by atoms with E-state index in [2.05, 4.69) is 27.9 Å². The van der Waals surface area contributed by atoms with Gasteiger partial charge >= 0.3 is 0 Å². The summed E-state index contributed by atoms with van der Waals surface area (Å²) in [6.45, 7) is 2.08. The molecule has 0 atom stereocenters. The van der Waals surface area contributed by atoms with E-state index in [1.54, 1.807) is 11.3 Å². The molecule has 0 radical (unpaired) electrons. The highest BCUT2D eigenvalue weighted by atomic mass is 35.5. The number of rotatable bonds is 1. The second-order valence-corrected chi connectivity index (χ2v) is 4.94. The molecule has 16 heavy (non-hydrogen) atoms. The van der Waals surface area contributed by atoms with Crippen LogP contribution in [0, 0.1) is 6.92 Å². The van der Waals surface area contributed by atoms with Crippen molar-refractivity contribution in [3.8, 4) is 11.3 Å². The fourth-order valence-corrected chi connectivity index (χ4v) is 2.63. The monoisotopic (exact) mass is 248 g/mol. The van der Waals surface area contributed by atoms with Gasteiger partial charge in [-0.2, -0.15) is 0 Å². The molecule has 2 aromatic heterocycles. The summed E-state index contributed by atoms with van der Waals surface area (Å²) < 4.78 is 2.11. The molecule has 1 aromatic carbocycles. The molecule has 2 heterocycles. The van der Waals surface area contributed by atoms with Crippen molar-refractivity contribution >= 4 is 27.9 Å². The first-order chi connectivity index (χ1) is 7.74. The van der Waals surface area contributed by atoms with Gasteiger partial charge in [-0.1, -0.05) is 23.7 Å². The summed E-state index contributed by atoms with van der Waals surface area (Å²) in [6.07, 6.45) is 2.06. The standard InChI is InChI=1S/C12H9ClN2S/c1-8-7-16-12-14-11(6-15(8)12)9-2-4-10(13)5-3-9/h2-7H,1H3.